The molecule has 0 aromatic heterocycles. The predicted octanol–water partition coefficient (Wildman–Crippen LogP) is 1.90. The first-order valence-corrected chi connectivity index (χ1v) is 5.96. The summed E-state index contributed by atoms with van der Waals surface area (Å²) in [6.07, 6.45) is 1.12. The molecule has 1 aliphatic rings. The molecule has 0 saturated heterocycles. The molecular weight excluding hydrogens is 216 g/mol. The summed E-state index contributed by atoms with van der Waals surface area (Å²) in [5, 5.41) is 9.27. The number of rotatable bonds is 4. The van der Waals surface area contributed by atoms with Crippen molar-refractivity contribution in [1.82, 2.24) is 4.90 Å². The molecule has 3 N–H and O–H groups in total. The molecule has 0 radical (unpaired) electrons. The topological polar surface area (TPSA) is 66.6 Å². The molecule has 0 unspecified atom stereocenters. The van der Waals surface area contributed by atoms with E-state index in [0.717, 1.165) is 18.4 Å². The zero-order valence-electron chi connectivity index (χ0n) is 9.75. The van der Waals surface area contributed by atoms with Gasteiger partial charge in [-0.3, -0.25) is 0 Å². The van der Waals surface area contributed by atoms with E-state index in [0.29, 0.717) is 19.0 Å². The van der Waals surface area contributed by atoms with Crippen LogP contribution in [0.1, 0.15) is 18.4 Å². The Morgan fingerprint density at radius 1 is 1.35 bits per heavy atom. The maximum atomic E-state index is 11.3. The van der Waals surface area contributed by atoms with Crippen molar-refractivity contribution < 1.29 is 9.90 Å². The van der Waals surface area contributed by atoms with Crippen molar-refractivity contribution in [3.05, 3.63) is 35.9 Å². The summed E-state index contributed by atoms with van der Waals surface area (Å²) < 4.78 is 0. The molecule has 1 saturated carbocycles. The molecule has 1 aromatic rings. The molecule has 4 heteroatoms. The Bertz CT molecular complexity index is 378. The van der Waals surface area contributed by atoms with Gasteiger partial charge in [-0.25, -0.2) is 4.79 Å². The van der Waals surface area contributed by atoms with E-state index in [1.807, 2.05) is 30.3 Å². The van der Waals surface area contributed by atoms with E-state index < -0.39 is 6.09 Å². The fourth-order valence-electron chi connectivity index (χ4n) is 2.34. The largest absolute Gasteiger partial charge is 0.465 e. The van der Waals surface area contributed by atoms with Crippen molar-refractivity contribution in [2.75, 3.05) is 6.54 Å². The normalized spacial score (nSPS) is 22.9. The Labute approximate surface area is 101 Å². The number of nitrogens with two attached hydrogens (primary N) is 1. The van der Waals surface area contributed by atoms with Crippen molar-refractivity contribution in [1.29, 1.82) is 0 Å². The van der Waals surface area contributed by atoms with Crippen LogP contribution in [0.4, 0.5) is 4.79 Å². The molecule has 1 fully saturated rings. The Balaban J connectivity index is 2.06. The second-order valence-electron chi connectivity index (χ2n) is 4.54. The van der Waals surface area contributed by atoms with Gasteiger partial charge in [0.2, 0.25) is 0 Å². The van der Waals surface area contributed by atoms with E-state index in [1.54, 1.807) is 0 Å². The summed E-state index contributed by atoms with van der Waals surface area (Å²) in [5.74, 6) is 0.329. The molecular formula is C13H18N2O2. The third-order valence-corrected chi connectivity index (χ3v) is 3.52. The highest BCUT2D eigenvalue weighted by Crippen LogP contribution is 2.32. The van der Waals surface area contributed by atoms with Gasteiger partial charge in [-0.2, -0.15) is 0 Å². The van der Waals surface area contributed by atoms with Crippen molar-refractivity contribution in [3.8, 4) is 0 Å². The molecule has 1 aliphatic carbocycles. The van der Waals surface area contributed by atoms with Gasteiger partial charge in [-0.15, -0.1) is 0 Å². The molecule has 4 nitrogen and oxygen atoms in total. The number of carboxylic acid groups (broad SMARTS) is 1. The van der Waals surface area contributed by atoms with Gasteiger partial charge >= 0.3 is 6.09 Å². The number of benzene rings is 1. The first-order valence-electron chi connectivity index (χ1n) is 5.96. The fraction of sp³-hybridized carbons (Fsp3) is 0.462. The molecule has 0 heterocycles. The maximum Gasteiger partial charge on any atom is 0.407 e. The van der Waals surface area contributed by atoms with Gasteiger partial charge in [-0.1, -0.05) is 30.3 Å². The summed E-state index contributed by atoms with van der Waals surface area (Å²) in [4.78, 5) is 12.8. The summed E-state index contributed by atoms with van der Waals surface area (Å²) in [6, 6.07) is 9.78. The van der Waals surface area contributed by atoms with Crippen LogP contribution in [0, 0.1) is 5.92 Å². The summed E-state index contributed by atoms with van der Waals surface area (Å²) in [6.45, 7) is 1.03. The van der Waals surface area contributed by atoms with Gasteiger partial charge in [0, 0.05) is 12.6 Å². The number of hydrogen-bond acceptors (Lipinski definition) is 2. The molecule has 1 aromatic carbocycles. The lowest BCUT2D eigenvalue weighted by molar-refractivity contribution is 0.0567. The van der Waals surface area contributed by atoms with Crippen molar-refractivity contribution >= 4 is 6.09 Å². The minimum Gasteiger partial charge on any atom is -0.465 e. The number of nitrogens with zero attached hydrogens (tertiary/aromatic N) is 1. The van der Waals surface area contributed by atoms with E-state index in [4.69, 9.17) is 5.73 Å². The highest BCUT2D eigenvalue weighted by molar-refractivity contribution is 5.65. The first kappa shape index (κ1) is 11.9. The van der Waals surface area contributed by atoms with Gasteiger partial charge in [0.1, 0.15) is 0 Å². The number of carbonyl (C=O) groups is 1. The molecule has 92 valence electrons. The quantitative estimate of drug-likeness (QED) is 0.836. The molecule has 17 heavy (non-hydrogen) atoms. The van der Waals surface area contributed by atoms with E-state index in [2.05, 4.69) is 0 Å². The lowest BCUT2D eigenvalue weighted by atomic mass is 9.78. The lowest BCUT2D eigenvalue weighted by Crippen LogP contribution is -2.51. The summed E-state index contributed by atoms with van der Waals surface area (Å²) >= 11 is 0. The van der Waals surface area contributed by atoms with Gasteiger partial charge < -0.3 is 15.7 Å². The fourth-order valence-corrected chi connectivity index (χ4v) is 2.34. The van der Waals surface area contributed by atoms with Gasteiger partial charge in [0.25, 0.3) is 0 Å². The van der Waals surface area contributed by atoms with Crippen LogP contribution >= 0.6 is 0 Å². The van der Waals surface area contributed by atoms with Crippen molar-refractivity contribution in [2.24, 2.45) is 11.7 Å². The highest BCUT2D eigenvalue weighted by atomic mass is 16.4. The second kappa shape index (κ2) is 5.19. The smallest absolute Gasteiger partial charge is 0.407 e. The van der Waals surface area contributed by atoms with Gasteiger partial charge in [0.05, 0.1) is 0 Å². The number of hydrogen-bond donors (Lipinski definition) is 2. The molecule has 2 atom stereocenters. The predicted molar refractivity (Wildman–Crippen MR) is 65.6 cm³/mol. The monoisotopic (exact) mass is 234 g/mol. The number of amides is 1. The molecule has 2 rings (SSSR count). The van der Waals surface area contributed by atoms with Crippen LogP contribution in [0.3, 0.4) is 0 Å². The van der Waals surface area contributed by atoms with Crippen LogP contribution in [0.25, 0.3) is 0 Å². The van der Waals surface area contributed by atoms with Crippen LogP contribution in [0.5, 0.6) is 0 Å². The van der Waals surface area contributed by atoms with Gasteiger partial charge in [0.15, 0.2) is 0 Å². The average Bonchev–Trinajstić information content (AvgIpc) is 2.28. The maximum absolute atomic E-state index is 11.3. The van der Waals surface area contributed by atoms with Crippen LogP contribution in [-0.4, -0.2) is 28.7 Å². The van der Waals surface area contributed by atoms with E-state index in [-0.39, 0.29) is 6.04 Å². The minimum absolute atomic E-state index is 0.0951. The van der Waals surface area contributed by atoms with E-state index in [9.17, 15) is 9.90 Å². The SMILES string of the molecule is NC[C@H]1CC[C@@H]1N(Cc1ccccc1)C(=O)O. The Kier molecular flexibility index (Phi) is 3.64. The Morgan fingerprint density at radius 2 is 2.06 bits per heavy atom. The molecule has 0 aliphatic heterocycles. The molecule has 0 bridgehead atoms. The van der Waals surface area contributed by atoms with E-state index >= 15 is 0 Å². The average molecular weight is 234 g/mol. The highest BCUT2D eigenvalue weighted by Gasteiger charge is 2.36. The van der Waals surface area contributed by atoms with E-state index in [1.165, 1.54) is 4.90 Å². The Morgan fingerprint density at radius 3 is 2.53 bits per heavy atom. The lowest BCUT2D eigenvalue weighted by Gasteiger charge is -2.42. The summed E-state index contributed by atoms with van der Waals surface area (Å²) in [5.41, 5.74) is 6.66. The Hall–Kier alpha value is -1.55. The molecule has 0 spiro atoms. The van der Waals surface area contributed by atoms with Crippen LogP contribution in [-0.2, 0) is 6.54 Å². The zero-order valence-corrected chi connectivity index (χ0v) is 9.75. The minimum atomic E-state index is -0.850. The van der Waals surface area contributed by atoms with Crippen LogP contribution < -0.4 is 5.73 Å². The zero-order chi connectivity index (χ0) is 12.3. The van der Waals surface area contributed by atoms with Crippen molar-refractivity contribution in [2.45, 2.75) is 25.4 Å². The second-order valence-corrected chi connectivity index (χ2v) is 4.54. The molecule has 1 amide bonds. The third kappa shape index (κ3) is 2.58. The van der Waals surface area contributed by atoms with Crippen LogP contribution in [0.15, 0.2) is 30.3 Å². The first-order chi connectivity index (χ1) is 8.22. The van der Waals surface area contributed by atoms with Crippen LogP contribution in [0.2, 0.25) is 0 Å². The van der Waals surface area contributed by atoms with Crippen molar-refractivity contribution in [3.63, 3.8) is 0 Å². The standard InChI is InChI=1S/C13H18N2O2/c14-8-11-6-7-12(11)15(13(16)17)9-10-4-2-1-3-5-10/h1-5,11-12H,6-9,14H2,(H,16,17)/t11-,12+/m1/s1. The third-order valence-electron chi connectivity index (χ3n) is 3.52. The van der Waals surface area contributed by atoms with Gasteiger partial charge in [-0.05, 0) is 30.9 Å². The summed E-state index contributed by atoms with van der Waals surface area (Å²) in [7, 11) is 0.